The lowest BCUT2D eigenvalue weighted by Crippen LogP contribution is -2.21. The molecule has 4 heteroatoms. The lowest BCUT2D eigenvalue weighted by molar-refractivity contribution is 0.0331. The molecule has 0 aromatic heterocycles. The van der Waals surface area contributed by atoms with E-state index in [4.69, 9.17) is 5.11 Å². The second-order valence-corrected chi connectivity index (χ2v) is 3.73. The van der Waals surface area contributed by atoms with Gasteiger partial charge in [-0.2, -0.15) is 12.6 Å². The molecule has 0 saturated heterocycles. The Morgan fingerprint density at radius 2 is 1.87 bits per heavy atom. The van der Waals surface area contributed by atoms with Crippen LogP contribution in [-0.2, 0) is 6.42 Å². The molecule has 0 radical (unpaired) electrons. The Bertz CT molecular complexity index is 304. The van der Waals surface area contributed by atoms with E-state index in [1.54, 1.807) is 12.1 Å². The van der Waals surface area contributed by atoms with Crippen molar-refractivity contribution in [2.75, 3.05) is 12.4 Å². The van der Waals surface area contributed by atoms with E-state index in [0.717, 1.165) is 5.56 Å². The van der Waals surface area contributed by atoms with E-state index >= 15 is 0 Å². The third-order valence-electron chi connectivity index (χ3n) is 2.31. The SMILES string of the molecule is OCCc1ccccc1C(O)C(O)CS. The zero-order valence-electron chi connectivity index (χ0n) is 8.37. The fourth-order valence-corrected chi connectivity index (χ4v) is 1.68. The minimum absolute atomic E-state index is 0.0285. The van der Waals surface area contributed by atoms with Gasteiger partial charge in [0.2, 0.25) is 0 Å². The standard InChI is InChI=1S/C11H16O3S/c12-6-5-8-3-1-2-4-9(8)11(14)10(13)7-15/h1-4,10-15H,5-7H2. The fourth-order valence-electron chi connectivity index (χ4n) is 1.48. The average molecular weight is 228 g/mol. The monoisotopic (exact) mass is 228 g/mol. The number of rotatable bonds is 5. The molecule has 2 unspecified atom stereocenters. The van der Waals surface area contributed by atoms with Crippen molar-refractivity contribution in [3.05, 3.63) is 35.4 Å². The fraction of sp³-hybridized carbons (Fsp3) is 0.455. The van der Waals surface area contributed by atoms with Crippen LogP contribution in [0.1, 0.15) is 17.2 Å². The Hall–Kier alpha value is -0.550. The lowest BCUT2D eigenvalue weighted by atomic mass is 9.97. The molecule has 1 rings (SSSR count). The van der Waals surface area contributed by atoms with Crippen molar-refractivity contribution in [3.63, 3.8) is 0 Å². The molecule has 0 fully saturated rings. The summed E-state index contributed by atoms with van der Waals surface area (Å²) in [7, 11) is 0. The number of benzene rings is 1. The lowest BCUT2D eigenvalue weighted by Gasteiger charge is -2.19. The molecule has 0 bridgehead atoms. The highest BCUT2D eigenvalue weighted by atomic mass is 32.1. The minimum Gasteiger partial charge on any atom is -0.396 e. The molecule has 2 atom stereocenters. The van der Waals surface area contributed by atoms with Gasteiger partial charge < -0.3 is 15.3 Å². The van der Waals surface area contributed by atoms with Crippen LogP contribution in [-0.4, -0.2) is 33.8 Å². The van der Waals surface area contributed by atoms with Crippen molar-refractivity contribution in [2.24, 2.45) is 0 Å². The summed E-state index contributed by atoms with van der Waals surface area (Å²) < 4.78 is 0. The normalized spacial score (nSPS) is 14.9. The first kappa shape index (κ1) is 12.5. The highest BCUT2D eigenvalue weighted by Crippen LogP contribution is 2.22. The molecular weight excluding hydrogens is 212 g/mol. The quantitative estimate of drug-likeness (QED) is 0.557. The third kappa shape index (κ3) is 3.21. The van der Waals surface area contributed by atoms with Crippen LogP contribution in [0, 0.1) is 0 Å². The Morgan fingerprint density at radius 1 is 1.20 bits per heavy atom. The third-order valence-corrected chi connectivity index (χ3v) is 2.68. The van der Waals surface area contributed by atoms with E-state index in [9.17, 15) is 10.2 Å². The topological polar surface area (TPSA) is 60.7 Å². The molecular formula is C11H16O3S. The van der Waals surface area contributed by atoms with Crippen molar-refractivity contribution in [1.29, 1.82) is 0 Å². The maximum Gasteiger partial charge on any atom is 0.106 e. The zero-order chi connectivity index (χ0) is 11.3. The van der Waals surface area contributed by atoms with Gasteiger partial charge in [0, 0.05) is 12.4 Å². The molecule has 3 N–H and O–H groups in total. The van der Waals surface area contributed by atoms with E-state index in [1.165, 1.54) is 0 Å². The van der Waals surface area contributed by atoms with Gasteiger partial charge >= 0.3 is 0 Å². The summed E-state index contributed by atoms with van der Waals surface area (Å²) in [6.45, 7) is 0.0285. The maximum absolute atomic E-state index is 9.82. The summed E-state index contributed by atoms with van der Waals surface area (Å²) in [4.78, 5) is 0. The van der Waals surface area contributed by atoms with Crippen molar-refractivity contribution < 1.29 is 15.3 Å². The van der Waals surface area contributed by atoms with Crippen molar-refractivity contribution in [3.8, 4) is 0 Å². The summed E-state index contributed by atoms with van der Waals surface area (Å²) in [5.74, 6) is 0.203. The molecule has 3 nitrogen and oxygen atoms in total. The predicted octanol–water partition coefficient (Wildman–Crippen LogP) is 0.545. The molecule has 0 amide bonds. The van der Waals surface area contributed by atoms with Gasteiger partial charge in [-0.3, -0.25) is 0 Å². The van der Waals surface area contributed by atoms with E-state index < -0.39 is 12.2 Å². The number of hydrogen-bond donors (Lipinski definition) is 4. The molecule has 84 valence electrons. The van der Waals surface area contributed by atoms with Crippen molar-refractivity contribution in [1.82, 2.24) is 0 Å². The molecule has 1 aromatic rings. The van der Waals surface area contributed by atoms with Crippen LogP contribution in [0.3, 0.4) is 0 Å². The molecule has 0 spiro atoms. The van der Waals surface area contributed by atoms with Gasteiger partial charge in [0.25, 0.3) is 0 Å². The van der Waals surface area contributed by atoms with Gasteiger partial charge in [0.05, 0.1) is 6.10 Å². The molecule has 0 saturated carbocycles. The van der Waals surface area contributed by atoms with Crippen molar-refractivity contribution >= 4 is 12.6 Å². The van der Waals surface area contributed by atoms with Gasteiger partial charge in [-0.1, -0.05) is 24.3 Å². The van der Waals surface area contributed by atoms with Crippen LogP contribution >= 0.6 is 12.6 Å². The Balaban J connectivity index is 2.91. The molecule has 0 heterocycles. The summed E-state index contributed by atoms with van der Waals surface area (Å²) in [6, 6.07) is 7.22. The smallest absolute Gasteiger partial charge is 0.106 e. The number of aliphatic hydroxyl groups excluding tert-OH is 3. The Labute approximate surface area is 94.8 Å². The predicted molar refractivity (Wildman–Crippen MR) is 62.1 cm³/mol. The first-order chi connectivity index (χ1) is 7.20. The van der Waals surface area contributed by atoms with Crippen LogP contribution in [0.2, 0.25) is 0 Å². The van der Waals surface area contributed by atoms with Gasteiger partial charge in [-0.25, -0.2) is 0 Å². The van der Waals surface area contributed by atoms with Crippen LogP contribution in [0.15, 0.2) is 24.3 Å². The molecule has 0 aliphatic rings. The molecule has 0 aliphatic carbocycles. The van der Waals surface area contributed by atoms with E-state index in [0.29, 0.717) is 12.0 Å². The van der Waals surface area contributed by atoms with Gasteiger partial charge in [0.15, 0.2) is 0 Å². The summed E-state index contributed by atoms with van der Waals surface area (Å²) in [5.41, 5.74) is 1.52. The largest absolute Gasteiger partial charge is 0.396 e. The average Bonchev–Trinajstić information content (AvgIpc) is 2.28. The van der Waals surface area contributed by atoms with Crippen LogP contribution in [0.5, 0.6) is 0 Å². The van der Waals surface area contributed by atoms with Crippen molar-refractivity contribution in [2.45, 2.75) is 18.6 Å². The van der Waals surface area contributed by atoms with Gasteiger partial charge in [-0.15, -0.1) is 0 Å². The number of thiol groups is 1. The highest BCUT2D eigenvalue weighted by Gasteiger charge is 2.19. The van der Waals surface area contributed by atoms with Gasteiger partial charge in [-0.05, 0) is 17.5 Å². The van der Waals surface area contributed by atoms with E-state index in [2.05, 4.69) is 12.6 Å². The molecule has 15 heavy (non-hydrogen) atoms. The van der Waals surface area contributed by atoms with E-state index in [-0.39, 0.29) is 12.4 Å². The van der Waals surface area contributed by atoms with Crippen LogP contribution in [0.25, 0.3) is 0 Å². The number of aliphatic hydroxyl groups is 3. The minimum atomic E-state index is -0.940. The summed E-state index contributed by atoms with van der Waals surface area (Å²) >= 11 is 3.93. The molecule has 1 aromatic carbocycles. The van der Waals surface area contributed by atoms with Crippen LogP contribution in [0.4, 0.5) is 0 Å². The maximum atomic E-state index is 9.82. The van der Waals surface area contributed by atoms with Crippen LogP contribution < -0.4 is 0 Å². The first-order valence-electron chi connectivity index (χ1n) is 4.86. The second kappa shape index (κ2) is 6.12. The molecule has 0 aliphatic heterocycles. The second-order valence-electron chi connectivity index (χ2n) is 3.37. The zero-order valence-corrected chi connectivity index (χ0v) is 9.27. The van der Waals surface area contributed by atoms with Gasteiger partial charge in [0.1, 0.15) is 6.10 Å². The Kier molecular flexibility index (Phi) is 5.11. The highest BCUT2D eigenvalue weighted by molar-refractivity contribution is 7.80. The summed E-state index contributed by atoms with van der Waals surface area (Å²) in [5, 5.41) is 28.2. The number of hydrogen-bond acceptors (Lipinski definition) is 4. The summed E-state index contributed by atoms with van der Waals surface area (Å²) in [6.07, 6.45) is -1.34. The van der Waals surface area contributed by atoms with E-state index in [1.807, 2.05) is 12.1 Å². The first-order valence-corrected chi connectivity index (χ1v) is 5.49. The Morgan fingerprint density at radius 3 is 2.47 bits per heavy atom.